The molecule has 7 nitrogen and oxygen atoms in total. The minimum atomic E-state index is -3.59. The Labute approximate surface area is 160 Å². The second-order valence-corrected chi connectivity index (χ2v) is 9.47. The quantitative estimate of drug-likeness (QED) is 0.847. The van der Waals surface area contributed by atoms with E-state index < -0.39 is 10.0 Å². The molecule has 1 saturated heterocycles. The van der Waals surface area contributed by atoms with E-state index in [0.717, 1.165) is 12.8 Å². The highest BCUT2D eigenvalue weighted by molar-refractivity contribution is 7.89. The van der Waals surface area contributed by atoms with Gasteiger partial charge in [-0.3, -0.25) is 4.79 Å². The fourth-order valence-electron chi connectivity index (χ4n) is 4.11. The lowest BCUT2D eigenvalue weighted by atomic mass is 9.93. The van der Waals surface area contributed by atoms with Gasteiger partial charge in [0.15, 0.2) is 11.5 Å². The Morgan fingerprint density at radius 1 is 1.00 bits per heavy atom. The first-order chi connectivity index (χ1) is 13.0. The van der Waals surface area contributed by atoms with Crippen LogP contribution in [0.25, 0.3) is 0 Å². The molecule has 0 aromatic heterocycles. The molecular weight excluding hydrogens is 368 g/mol. The number of sulfonamides is 1. The predicted molar refractivity (Wildman–Crippen MR) is 99.1 cm³/mol. The summed E-state index contributed by atoms with van der Waals surface area (Å²) in [5, 5.41) is 3.16. The van der Waals surface area contributed by atoms with Crippen LogP contribution in [0.4, 0.5) is 0 Å². The maximum atomic E-state index is 12.9. The second kappa shape index (κ2) is 7.67. The molecule has 0 bridgehead atoms. The number of nitrogens with one attached hydrogen (secondary N) is 1. The third-order valence-electron chi connectivity index (χ3n) is 5.76. The van der Waals surface area contributed by atoms with Crippen molar-refractivity contribution in [2.24, 2.45) is 5.92 Å². The normalized spacial score (nSPS) is 21.9. The molecule has 3 aliphatic rings. The summed E-state index contributed by atoms with van der Waals surface area (Å²) in [5.41, 5.74) is 0. The summed E-state index contributed by atoms with van der Waals surface area (Å²) in [6.07, 6.45) is 6.84. The molecule has 0 spiro atoms. The number of carbonyl (C=O) groups excluding carboxylic acids is 1. The zero-order valence-electron chi connectivity index (χ0n) is 15.4. The van der Waals surface area contributed by atoms with Crippen molar-refractivity contribution >= 4 is 15.9 Å². The van der Waals surface area contributed by atoms with Gasteiger partial charge in [-0.05, 0) is 37.8 Å². The van der Waals surface area contributed by atoms with Gasteiger partial charge in [-0.25, -0.2) is 8.42 Å². The molecule has 1 aromatic carbocycles. The molecule has 0 atom stereocenters. The molecule has 4 rings (SSSR count). The van der Waals surface area contributed by atoms with Crippen LogP contribution < -0.4 is 14.8 Å². The first-order valence-corrected chi connectivity index (χ1v) is 11.2. The van der Waals surface area contributed by atoms with Crippen molar-refractivity contribution < 1.29 is 22.7 Å². The first kappa shape index (κ1) is 18.6. The van der Waals surface area contributed by atoms with E-state index in [1.807, 2.05) is 0 Å². The van der Waals surface area contributed by atoms with E-state index in [2.05, 4.69) is 5.32 Å². The van der Waals surface area contributed by atoms with Crippen molar-refractivity contribution in [2.75, 3.05) is 19.9 Å². The van der Waals surface area contributed by atoms with Gasteiger partial charge in [0, 0.05) is 31.1 Å². The number of ether oxygens (including phenoxy) is 2. The third-order valence-corrected chi connectivity index (χ3v) is 7.65. The van der Waals surface area contributed by atoms with Gasteiger partial charge < -0.3 is 14.8 Å². The predicted octanol–water partition coefficient (Wildman–Crippen LogP) is 2.26. The summed E-state index contributed by atoms with van der Waals surface area (Å²) in [5.74, 6) is 1.00. The lowest BCUT2D eigenvalue weighted by Crippen LogP contribution is -2.45. The fourth-order valence-corrected chi connectivity index (χ4v) is 5.60. The summed E-state index contributed by atoms with van der Waals surface area (Å²) in [6, 6.07) is 4.98. The molecule has 148 valence electrons. The number of amides is 1. The zero-order chi connectivity index (χ0) is 18.9. The lowest BCUT2D eigenvalue weighted by molar-refractivity contribution is -0.127. The highest BCUT2D eigenvalue weighted by atomic mass is 32.2. The summed E-state index contributed by atoms with van der Waals surface area (Å²) < 4.78 is 37.8. The molecule has 2 fully saturated rings. The Balaban J connectivity index is 1.36. The molecule has 1 aliphatic carbocycles. The van der Waals surface area contributed by atoms with Crippen LogP contribution in [0.1, 0.15) is 44.9 Å². The molecular formula is C19H26N2O5S. The monoisotopic (exact) mass is 394 g/mol. The van der Waals surface area contributed by atoms with Crippen LogP contribution in [0.3, 0.4) is 0 Å². The van der Waals surface area contributed by atoms with Crippen molar-refractivity contribution in [3.63, 3.8) is 0 Å². The van der Waals surface area contributed by atoms with Crippen LogP contribution in [0.5, 0.6) is 11.5 Å². The van der Waals surface area contributed by atoms with E-state index in [4.69, 9.17) is 9.47 Å². The topological polar surface area (TPSA) is 84.9 Å². The number of carbonyl (C=O) groups is 1. The molecule has 0 radical (unpaired) electrons. The third kappa shape index (κ3) is 3.91. The van der Waals surface area contributed by atoms with Crippen LogP contribution in [0.2, 0.25) is 0 Å². The minimum Gasteiger partial charge on any atom is -0.454 e. The number of hydrogen-bond acceptors (Lipinski definition) is 5. The van der Waals surface area contributed by atoms with Gasteiger partial charge in [0.2, 0.25) is 22.7 Å². The average molecular weight is 394 g/mol. The van der Waals surface area contributed by atoms with Crippen LogP contribution in [-0.4, -0.2) is 44.6 Å². The van der Waals surface area contributed by atoms with Crippen molar-refractivity contribution in [3.05, 3.63) is 18.2 Å². The van der Waals surface area contributed by atoms with Crippen molar-refractivity contribution in [2.45, 2.75) is 55.9 Å². The maximum Gasteiger partial charge on any atom is 0.243 e. The summed E-state index contributed by atoms with van der Waals surface area (Å²) >= 11 is 0. The van der Waals surface area contributed by atoms with Crippen molar-refractivity contribution in [1.29, 1.82) is 0 Å². The molecule has 2 aliphatic heterocycles. The number of piperidine rings is 1. The van der Waals surface area contributed by atoms with E-state index in [9.17, 15) is 13.2 Å². The largest absolute Gasteiger partial charge is 0.454 e. The lowest BCUT2D eigenvalue weighted by Gasteiger charge is -2.32. The summed E-state index contributed by atoms with van der Waals surface area (Å²) in [7, 11) is -3.59. The average Bonchev–Trinajstić information content (AvgIpc) is 3.17. The Kier molecular flexibility index (Phi) is 5.27. The number of hydrogen-bond donors (Lipinski definition) is 1. The number of rotatable bonds is 4. The summed E-state index contributed by atoms with van der Waals surface area (Å²) in [6.45, 7) is 0.833. The summed E-state index contributed by atoms with van der Waals surface area (Å²) in [4.78, 5) is 12.7. The van der Waals surface area contributed by atoms with Crippen molar-refractivity contribution in [3.8, 4) is 11.5 Å². The molecule has 8 heteroatoms. The molecule has 1 aromatic rings. The van der Waals surface area contributed by atoms with Crippen LogP contribution in [0, 0.1) is 5.92 Å². The van der Waals surface area contributed by atoms with Crippen molar-refractivity contribution in [1.82, 2.24) is 9.62 Å². The van der Waals surface area contributed by atoms with E-state index in [-0.39, 0.29) is 23.5 Å². The van der Waals surface area contributed by atoms with Crippen LogP contribution in [0.15, 0.2) is 23.1 Å². The van der Waals surface area contributed by atoms with Gasteiger partial charge >= 0.3 is 0 Å². The molecule has 0 unspecified atom stereocenters. The Hall–Kier alpha value is -1.80. The highest BCUT2D eigenvalue weighted by Gasteiger charge is 2.33. The fraction of sp³-hybridized carbons (Fsp3) is 0.632. The Morgan fingerprint density at radius 2 is 1.70 bits per heavy atom. The van der Waals surface area contributed by atoms with Gasteiger partial charge in [0.1, 0.15) is 0 Å². The zero-order valence-corrected chi connectivity index (χ0v) is 16.2. The first-order valence-electron chi connectivity index (χ1n) is 9.74. The van der Waals surface area contributed by atoms with E-state index >= 15 is 0 Å². The Morgan fingerprint density at radius 3 is 2.44 bits per heavy atom. The maximum absolute atomic E-state index is 12.9. The van der Waals surface area contributed by atoms with Crippen LogP contribution >= 0.6 is 0 Å². The highest BCUT2D eigenvalue weighted by Crippen LogP contribution is 2.35. The SMILES string of the molecule is O=C(NC1CCCCC1)C1CCN(S(=O)(=O)c2ccc3c(c2)OCO3)CC1. The molecule has 1 amide bonds. The second-order valence-electron chi connectivity index (χ2n) is 7.54. The molecule has 27 heavy (non-hydrogen) atoms. The number of benzene rings is 1. The number of fused-ring (bicyclic) bond motifs is 1. The molecule has 1 saturated carbocycles. The molecule has 2 heterocycles. The van der Waals surface area contributed by atoms with E-state index in [0.29, 0.717) is 43.5 Å². The van der Waals surface area contributed by atoms with Gasteiger partial charge in [-0.1, -0.05) is 19.3 Å². The molecule has 1 N–H and O–H groups in total. The van der Waals surface area contributed by atoms with E-state index in [1.165, 1.54) is 29.6 Å². The standard InChI is InChI=1S/C19H26N2O5S/c22-19(20-15-4-2-1-3-5-15)14-8-10-21(11-9-14)27(23,24)16-6-7-17-18(12-16)26-13-25-17/h6-7,12,14-15H,1-5,8-11,13H2,(H,20,22). The van der Waals surface area contributed by atoms with E-state index in [1.54, 1.807) is 12.1 Å². The Bertz CT molecular complexity index is 796. The van der Waals surface area contributed by atoms with Crippen LogP contribution in [-0.2, 0) is 14.8 Å². The van der Waals surface area contributed by atoms with Gasteiger partial charge in [0.05, 0.1) is 4.90 Å². The minimum absolute atomic E-state index is 0.0852. The van der Waals surface area contributed by atoms with Gasteiger partial charge in [0.25, 0.3) is 0 Å². The number of nitrogens with zero attached hydrogens (tertiary/aromatic N) is 1. The smallest absolute Gasteiger partial charge is 0.243 e. The van der Waals surface area contributed by atoms with Gasteiger partial charge in [-0.15, -0.1) is 0 Å². The van der Waals surface area contributed by atoms with Gasteiger partial charge in [-0.2, -0.15) is 4.31 Å².